The van der Waals surface area contributed by atoms with Crippen LogP contribution in [0.5, 0.6) is 0 Å². The molecule has 3 N–H and O–H groups in total. The molecular weight excluding hydrogens is 272 g/mol. The molecule has 0 atom stereocenters. The number of thiazole rings is 1. The van der Waals surface area contributed by atoms with Crippen LogP contribution in [-0.2, 0) is 4.79 Å². The topological polar surface area (TPSA) is 80.9 Å². The van der Waals surface area contributed by atoms with E-state index in [4.69, 9.17) is 5.73 Å². The number of nitrogens with two attached hydrogens (primary N) is 1. The molecule has 20 heavy (non-hydrogen) atoms. The molecule has 0 aliphatic carbocycles. The maximum absolute atomic E-state index is 11.7. The van der Waals surface area contributed by atoms with Gasteiger partial charge in [-0.25, -0.2) is 4.98 Å². The lowest BCUT2D eigenvalue weighted by Gasteiger charge is -2.01. The Labute approximate surface area is 125 Å². The van der Waals surface area contributed by atoms with Crippen LogP contribution in [0.25, 0.3) is 11.3 Å². The highest BCUT2D eigenvalue weighted by Gasteiger charge is 2.07. The number of pyridine rings is 1. The average Bonchev–Trinajstić information content (AvgIpc) is 2.93. The van der Waals surface area contributed by atoms with E-state index >= 15 is 0 Å². The predicted molar refractivity (Wildman–Crippen MR) is 85.7 cm³/mol. The summed E-state index contributed by atoms with van der Waals surface area (Å²) >= 11 is 1.43. The third-order valence-electron chi connectivity index (χ3n) is 2.83. The SMILES string of the molecule is NCCCCCC(=O)Nc1nc(-c2ccncc2)cs1.[HH].[HH]. The highest BCUT2D eigenvalue weighted by Crippen LogP contribution is 2.24. The number of carbonyl (C=O) groups is 1. The van der Waals surface area contributed by atoms with Crippen molar-refractivity contribution in [3.8, 4) is 11.3 Å². The van der Waals surface area contributed by atoms with Crippen LogP contribution in [0.15, 0.2) is 29.9 Å². The Balaban J connectivity index is 0.00000220. The summed E-state index contributed by atoms with van der Waals surface area (Å²) in [6.45, 7) is 0.684. The third kappa shape index (κ3) is 4.40. The van der Waals surface area contributed by atoms with Gasteiger partial charge in [0, 0.05) is 32.6 Å². The van der Waals surface area contributed by atoms with Gasteiger partial charge in [0.05, 0.1) is 5.69 Å². The number of hydrogen-bond donors (Lipinski definition) is 2. The second kappa shape index (κ2) is 7.72. The summed E-state index contributed by atoms with van der Waals surface area (Å²) in [7, 11) is 0. The van der Waals surface area contributed by atoms with Gasteiger partial charge in [-0.3, -0.25) is 9.78 Å². The number of nitrogens with zero attached hydrogens (tertiary/aromatic N) is 2. The molecule has 2 aromatic heterocycles. The molecule has 110 valence electrons. The summed E-state index contributed by atoms with van der Waals surface area (Å²) in [4.78, 5) is 20.1. The minimum atomic E-state index is 0. The number of aromatic nitrogens is 2. The minimum absolute atomic E-state index is 0. The molecular formula is C14H22N4OS. The van der Waals surface area contributed by atoms with Crippen molar-refractivity contribution in [2.24, 2.45) is 5.73 Å². The van der Waals surface area contributed by atoms with Crippen molar-refractivity contribution in [3.63, 3.8) is 0 Å². The van der Waals surface area contributed by atoms with Crippen molar-refractivity contribution < 1.29 is 7.65 Å². The maximum Gasteiger partial charge on any atom is 0.226 e. The molecule has 2 rings (SSSR count). The first-order chi connectivity index (χ1) is 9.79. The summed E-state index contributed by atoms with van der Waals surface area (Å²) < 4.78 is 0. The molecule has 0 spiro atoms. The van der Waals surface area contributed by atoms with Gasteiger partial charge in [-0.05, 0) is 31.5 Å². The second-order valence-corrected chi connectivity index (χ2v) is 5.28. The quantitative estimate of drug-likeness (QED) is 0.769. The summed E-state index contributed by atoms with van der Waals surface area (Å²) in [5.74, 6) is 0.0117. The van der Waals surface area contributed by atoms with E-state index in [1.54, 1.807) is 12.4 Å². The first-order valence-electron chi connectivity index (χ1n) is 6.65. The highest BCUT2D eigenvalue weighted by molar-refractivity contribution is 7.14. The monoisotopic (exact) mass is 294 g/mol. The summed E-state index contributed by atoms with van der Waals surface area (Å²) in [5.41, 5.74) is 7.27. The minimum Gasteiger partial charge on any atom is -0.330 e. The fourth-order valence-corrected chi connectivity index (χ4v) is 2.51. The van der Waals surface area contributed by atoms with Gasteiger partial charge < -0.3 is 11.1 Å². The lowest BCUT2D eigenvalue weighted by molar-refractivity contribution is -0.116. The van der Waals surface area contributed by atoms with E-state index in [-0.39, 0.29) is 8.76 Å². The van der Waals surface area contributed by atoms with Crippen LogP contribution < -0.4 is 11.1 Å². The summed E-state index contributed by atoms with van der Waals surface area (Å²) in [6.07, 6.45) is 6.80. The van der Waals surface area contributed by atoms with Gasteiger partial charge in [0.1, 0.15) is 0 Å². The van der Waals surface area contributed by atoms with Gasteiger partial charge in [-0.1, -0.05) is 6.42 Å². The Morgan fingerprint density at radius 3 is 2.85 bits per heavy atom. The number of carbonyl (C=O) groups excluding carboxylic acids is 1. The van der Waals surface area contributed by atoms with Crippen molar-refractivity contribution in [2.75, 3.05) is 11.9 Å². The molecule has 0 fully saturated rings. The van der Waals surface area contributed by atoms with E-state index in [0.717, 1.165) is 30.5 Å². The number of amides is 1. The normalized spacial score (nSPS) is 10.4. The van der Waals surface area contributed by atoms with Crippen LogP contribution in [0.3, 0.4) is 0 Å². The van der Waals surface area contributed by atoms with Crippen LogP contribution in [0.2, 0.25) is 0 Å². The van der Waals surface area contributed by atoms with E-state index in [0.29, 0.717) is 18.1 Å². The van der Waals surface area contributed by atoms with Crippen molar-refractivity contribution >= 4 is 22.4 Å². The molecule has 0 aliphatic heterocycles. The zero-order valence-corrected chi connectivity index (χ0v) is 12.0. The number of rotatable bonds is 7. The largest absolute Gasteiger partial charge is 0.330 e. The molecule has 0 saturated heterocycles. The molecule has 2 heterocycles. The Bertz CT molecular complexity index is 551. The Morgan fingerprint density at radius 2 is 2.10 bits per heavy atom. The number of hydrogen-bond acceptors (Lipinski definition) is 5. The number of nitrogens with one attached hydrogen (secondary N) is 1. The molecule has 6 heteroatoms. The van der Waals surface area contributed by atoms with Crippen LogP contribution >= 0.6 is 11.3 Å². The zero-order chi connectivity index (χ0) is 14.2. The Kier molecular flexibility index (Phi) is 5.64. The van der Waals surface area contributed by atoms with Crippen LogP contribution in [-0.4, -0.2) is 22.4 Å². The molecule has 2 aromatic rings. The Hall–Kier alpha value is -1.79. The van der Waals surface area contributed by atoms with E-state index in [2.05, 4.69) is 15.3 Å². The smallest absolute Gasteiger partial charge is 0.226 e. The number of anilines is 1. The highest BCUT2D eigenvalue weighted by atomic mass is 32.1. The van der Waals surface area contributed by atoms with Gasteiger partial charge in [-0.15, -0.1) is 11.3 Å². The fourth-order valence-electron chi connectivity index (χ4n) is 1.77. The molecule has 0 unspecified atom stereocenters. The average molecular weight is 294 g/mol. The first kappa shape index (κ1) is 14.6. The summed E-state index contributed by atoms with van der Waals surface area (Å²) in [5, 5.41) is 5.40. The lowest BCUT2D eigenvalue weighted by Crippen LogP contribution is -2.11. The predicted octanol–water partition coefficient (Wildman–Crippen LogP) is 3.15. The van der Waals surface area contributed by atoms with Gasteiger partial charge in [0.25, 0.3) is 0 Å². The Morgan fingerprint density at radius 1 is 1.30 bits per heavy atom. The van der Waals surface area contributed by atoms with Gasteiger partial charge in [0.15, 0.2) is 5.13 Å². The third-order valence-corrected chi connectivity index (χ3v) is 3.59. The first-order valence-corrected chi connectivity index (χ1v) is 7.53. The summed E-state index contributed by atoms with van der Waals surface area (Å²) in [6, 6.07) is 3.79. The van der Waals surface area contributed by atoms with Gasteiger partial charge in [-0.2, -0.15) is 0 Å². The zero-order valence-electron chi connectivity index (χ0n) is 11.2. The maximum atomic E-state index is 11.7. The molecule has 0 aromatic carbocycles. The molecule has 0 saturated carbocycles. The van der Waals surface area contributed by atoms with Crippen molar-refractivity contribution in [2.45, 2.75) is 25.7 Å². The lowest BCUT2D eigenvalue weighted by atomic mass is 10.2. The van der Waals surface area contributed by atoms with Gasteiger partial charge in [0.2, 0.25) is 5.91 Å². The van der Waals surface area contributed by atoms with E-state index in [9.17, 15) is 4.79 Å². The van der Waals surface area contributed by atoms with Crippen LogP contribution in [0.1, 0.15) is 28.5 Å². The van der Waals surface area contributed by atoms with E-state index in [1.807, 2.05) is 17.5 Å². The molecule has 0 radical (unpaired) electrons. The standard InChI is InChI=1S/C14H18N4OS.2H2/c15-7-3-1-2-4-13(19)18-14-17-12(10-20-14)11-5-8-16-9-6-11;;/h5-6,8-10H,1-4,7,15H2,(H,17,18,19);2*1H. The fraction of sp³-hybridized carbons (Fsp3) is 0.357. The second-order valence-electron chi connectivity index (χ2n) is 4.42. The van der Waals surface area contributed by atoms with Gasteiger partial charge >= 0.3 is 0 Å². The van der Waals surface area contributed by atoms with Crippen LogP contribution in [0, 0.1) is 0 Å². The van der Waals surface area contributed by atoms with Crippen molar-refractivity contribution in [1.82, 2.24) is 9.97 Å². The van der Waals surface area contributed by atoms with Crippen molar-refractivity contribution in [1.29, 1.82) is 0 Å². The van der Waals surface area contributed by atoms with Crippen LogP contribution in [0.4, 0.5) is 5.13 Å². The molecule has 0 bridgehead atoms. The number of unbranched alkanes of at least 4 members (excludes halogenated alkanes) is 2. The molecule has 1 amide bonds. The van der Waals surface area contributed by atoms with E-state index < -0.39 is 0 Å². The van der Waals surface area contributed by atoms with E-state index in [1.165, 1.54) is 11.3 Å². The molecule has 5 nitrogen and oxygen atoms in total. The van der Waals surface area contributed by atoms with Crippen molar-refractivity contribution in [3.05, 3.63) is 29.9 Å². The molecule has 0 aliphatic rings.